The largest absolute Gasteiger partial charge is 0.785 e. The number of hydrogen-bond donors (Lipinski definition) is 0. The Morgan fingerprint density at radius 2 is 2.13 bits per heavy atom. The van der Waals surface area contributed by atoms with Crippen molar-refractivity contribution in [2.24, 2.45) is 0 Å². The zero-order valence-corrected chi connectivity index (χ0v) is 8.47. The number of ether oxygens (including phenoxy) is 1. The summed E-state index contributed by atoms with van der Waals surface area (Å²) >= 11 is 0. The number of hydroxylamine groups is 2. The van der Waals surface area contributed by atoms with Crippen LogP contribution in [0.4, 0.5) is 0 Å². The predicted octanol–water partition coefficient (Wildman–Crippen LogP) is 1.86. The monoisotopic (exact) mass is 206 g/mol. The van der Waals surface area contributed by atoms with Crippen LogP contribution in [0.2, 0.25) is 0 Å². The van der Waals surface area contributed by atoms with E-state index in [1.54, 1.807) is 12.1 Å². The molecule has 0 N–H and O–H groups in total. The molecule has 0 saturated carbocycles. The molecule has 1 unspecified atom stereocenters. The van der Waals surface area contributed by atoms with Crippen molar-refractivity contribution in [3.63, 3.8) is 0 Å². The molecule has 80 valence electrons. The van der Waals surface area contributed by atoms with Gasteiger partial charge in [-0.1, -0.05) is 12.1 Å². The first kappa shape index (κ1) is 10.1. The molecule has 4 heteroatoms. The maximum atomic E-state index is 11.1. The molecular formula is C11H12NO3-. The first-order chi connectivity index (χ1) is 7.16. The van der Waals surface area contributed by atoms with E-state index in [0.29, 0.717) is 12.3 Å². The molecule has 0 aliphatic carbocycles. The normalized spacial score (nSPS) is 20.8. The highest BCUT2D eigenvalue weighted by Crippen LogP contribution is 2.32. The molecular weight excluding hydrogens is 194 g/mol. The van der Waals surface area contributed by atoms with Gasteiger partial charge in [0.1, 0.15) is 5.75 Å². The molecule has 1 aliphatic heterocycles. The number of benzene rings is 1. The standard InChI is InChI=1S/C11H12NO3/c1-8(13)15-10-4-2-9(3-5-10)11-6-7-12(11)14/h2-5,11H,6-7H2,1H3/q-1. The van der Waals surface area contributed by atoms with Crippen molar-refractivity contribution < 1.29 is 9.53 Å². The molecule has 1 atom stereocenters. The van der Waals surface area contributed by atoms with Crippen LogP contribution in [0.1, 0.15) is 24.9 Å². The van der Waals surface area contributed by atoms with Crippen molar-refractivity contribution in [3.8, 4) is 5.75 Å². The van der Waals surface area contributed by atoms with Crippen LogP contribution in [0.15, 0.2) is 24.3 Å². The third kappa shape index (κ3) is 2.16. The van der Waals surface area contributed by atoms with Gasteiger partial charge in [0.2, 0.25) is 0 Å². The second-order valence-corrected chi connectivity index (χ2v) is 3.61. The number of hydrogen-bond acceptors (Lipinski definition) is 4. The van der Waals surface area contributed by atoms with Crippen molar-refractivity contribution in [2.75, 3.05) is 6.54 Å². The molecule has 0 radical (unpaired) electrons. The van der Waals surface area contributed by atoms with Gasteiger partial charge in [0.05, 0.1) is 0 Å². The Hall–Kier alpha value is -1.39. The summed E-state index contributed by atoms with van der Waals surface area (Å²) in [6.45, 7) is 1.97. The highest BCUT2D eigenvalue weighted by Gasteiger charge is 2.21. The average Bonchev–Trinajstić information content (AvgIpc) is 2.18. The van der Waals surface area contributed by atoms with Gasteiger partial charge in [0, 0.05) is 13.0 Å². The van der Waals surface area contributed by atoms with Gasteiger partial charge in [-0.2, -0.15) is 0 Å². The van der Waals surface area contributed by atoms with Crippen LogP contribution < -0.4 is 4.74 Å². The van der Waals surface area contributed by atoms with Crippen molar-refractivity contribution in [1.82, 2.24) is 5.06 Å². The van der Waals surface area contributed by atoms with E-state index in [0.717, 1.165) is 17.0 Å². The Kier molecular flexibility index (Phi) is 2.70. The van der Waals surface area contributed by atoms with Gasteiger partial charge >= 0.3 is 5.97 Å². The Labute approximate surface area is 88.0 Å². The van der Waals surface area contributed by atoms with Gasteiger partial charge in [-0.05, 0) is 30.7 Å². The minimum Gasteiger partial charge on any atom is -0.785 e. The van der Waals surface area contributed by atoms with Gasteiger partial charge in [0.15, 0.2) is 0 Å². The first-order valence-electron chi connectivity index (χ1n) is 4.89. The van der Waals surface area contributed by atoms with E-state index in [9.17, 15) is 10.0 Å². The first-order valence-corrected chi connectivity index (χ1v) is 4.89. The lowest BCUT2D eigenvalue weighted by Gasteiger charge is -2.46. The van der Waals surface area contributed by atoms with E-state index in [-0.39, 0.29) is 12.0 Å². The molecule has 1 saturated heterocycles. The minimum atomic E-state index is -0.336. The van der Waals surface area contributed by atoms with Crippen molar-refractivity contribution in [2.45, 2.75) is 19.4 Å². The molecule has 4 nitrogen and oxygen atoms in total. The Bertz CT molecular complexity index is 361. The van der Waals surface area contributed by atoms with Gasteiger partial charge in [-0.25, -0.2) is 0 Å². The summed E-state index contributed by atoms with van der Waals surface area (Å²) in [6, 6.07) is 7.06. The van der Waals surface area contributed by atoms with Crippen LogP contribution >= 0.6 is 0 Å². The second-order valence-electron chi connectivity index (χ2n) is 3.61. The lowest BCUT2D eigenvalue weighted by atomic mass is 9.97. The average molecular weight is 206 g/mol. The summed E-state index contributed by atoms with van der Waals surface area (Å²) in [5.74, 6) is 0.180. The summed E-state index contributed by atoms with van der Waals surface area (Å²) in [4.78, 5) is 10.7. The highest BCUT2D eigenvalue weighted by molar-refractivity contribution is 5.69. The van der Waals surface area contributed by atoms with Crippen molar-refractivity contribution >= 4 is 5.97 Å². The molecule has 0 aromatic heterocycles. The lowest BCUT2D eigenvalue weighted by molar-refractivity contribution is -0.131. The van der Waals surface area contributed by atoms with Gasteiger partial charge in [-0.3, -0.25) is 4.79 Å². The highest BCUT2D eigenvalue weighted by atomic mass is 16.5. The Morgan fingerprint density at radius 3 is 2.53 bits per heavy atom. The van der Waals surface area contributed by atoms with E-state index < -0.39 is 0 Å². The summed E-state index contributed by atoms with van der Waals surface area (Å²) < 4.78 is 4.90. The molecule has 1 heterocycles. The third-order valence-electron chi connectivity index (χ3n) is 2.50. The fourth-order valence-corrected chi connectivity index (χ4v) is 1.62. The van der Waals surface area contributed by atoms with Crippen molar-refractivity contribution in [1.29, 1.82) is 0 Å². The van der Waals surface area contributed by atoms with Crippen LogP contribution in [0.3, 0.4) is 0 Å². The molecule has 1 aromatic carbocycles. The molecule has 0 amide bonds. The van der Waals surface area contributed by atoms with E-state index in [4.69, 9.17) is 4.74 Å². The molecule has 1 aromatic rings. The lowest BCUT2D eigenvalue weighted by Crippen LogP contribution is -2.35. The number of nitrogens with zero attached hydrogens (tertiary/aromatic N) is 1. The van der Waals surface area contributed by atoms with Gasteiger partial charge < -0.3 is 15.0 Å². The molecule has 1 aliphatic rings. The van der Waals surface area contributed by atoms with Crippen LogP contribution in [0.25, 0.3) is 0 Å². The van der Waals surface area contributed by atoms with Gasteiger partial charge in [-0.15, -0.1) is 0 Å². The maximum absolute atomic E-state index is 11.1. The zero-order chi connectivity index (χ0) is 10.8. The number of carbonyl (C=O) groups excluding carboxylic acids is 1. The summed E-state index contributed by atoms with van der Waals surface area (Å²) in [7, 11) is 0. The van der Waals surface area contributed by atoms with E-state index in [2.05, 4.69) is 0 Å². The van der Waals surface area contributed by atoms with Gasteiger partial charge in [0.25, 0.3) is 0 Å². The topological polar surface area (TPSA) is 52.6 Å². The zero-order valence-electron chi connectivity index (χ0n) is 8.47. The van der Waals surface area contributed by atoms with Crippen LogP contribution in [-0.4, -0.2) is 17.6 Å². The number of carbonyl (C=O) groups is 1. The fourth-order valence-electron chi connectivity index (χ4n) is 1.62. The van der Waals surface area contributed by atoms with Crippen LogP contribution in [0.5, 0.6) is 5.75 Å². The minimum absolute atomic E-state index is 0.0172. The number of esters is 1. The third-order valence-corrected chi connectivity index (χ3v) is 2.50. The van der Waals surface area contributed by atoms with Crippen molar-refractivity contribution in [3.05, 3.63) is 35.0 Å². The van der Waals surface area contributed by atoms with E-state index >= 15 is 0 Å². The van der Waals surface area contributed by atoms with Crippen LogP contribution in [-0.2, 0) is 4.79 Å². The summed E-state index contributed by atoms with van der Waals surface area (Å²) in [5, 5.41) is 12.2. The molecule has 1 fully saturated rings. The maximum Gasteiger partial charge on any atom is 0.308 e. The van der Waals surface area contributed by atoms with E-state index in [1.165, 1.54) is 6.92 Å². The molecule has 15 heavy (non-hydrogen) atoms. The fraction of sp³-hybridized carbons (Fsp3) is 0.364. The Balaban J connectivity index is 2.06. The quantitative estimate of drug-likeness (QED) is 0.547. The predicted molar refractivity (Wildman–Crippen MR) is 55.2 cm³/mol. The summed E-state index contributed by atoms with van der Waals surface area (Å²) in [5.41, 5.74) is 0.979. The smallest absolute Gasteiger partial charge is 0.308 e. The van der Waals surface area contributed by atoms with Crippen LogP contribution in [0, 0.1) is 5.21 Å². The SMILES string of the molecule is CC(=O)Oc1ccc(C2CCN2[O-])cc1. The second kappa shape index (κ2) is 4.00. The molecule has 2 rings (SSSR count). The molecule has 0 bridgehead atoms. The summed E-state index contributed by atoms with van der Waals surface area (Å²) in [6.07, 6.45) is 0.899. The number of rotatable bonds is 2. The molecule has 0 spiro atoms. The Morgan fingerprint density at radius 1 is 1.47 bits per heavy atom. The van der Waals surface area contributed by atoms with E-state index in [1.807, 2.05) is 12.1 Å².